The summed E-state index contributed by atoms with van der Waals surface area (Å²) in [5.74, 6) is -1.05. The fourth-order valence-electron chi connectivity index (χ4n) is 1.71. The minimum Gasteiger partial charge on any atom is -0.497 e. The maximum atomic E-state index is 12.1. The normalized spacial score (nSPS) is 11.4. The number of hydrogen-bond acceptors (Lipinski definition) is 6. The van der Waals surface area contributed by atoms with Gasteiger partial charge in [-0.2, -0.15) is 0 Å². The van der Waals surface area contributed by atoms with Crippen LogP contribution in [0.15, 0.2) is 18.2 Å². The van der Waals surface area contributed by atoms with Gasteiger partial charge in [-0.15, -0.1) is 0 Å². The molecule has 0 radical (unpaired) electrons. The van der Waals surface area contributed by atoms with E-state index < -0.39 is 17.9 Å². The molecule has 6 nitrogen and oxygen atoms in total. The zero-order valence-corrected chi connectivity index (χ0v) is 12.7. The molecule has 0 saturated heterocycles. The molecule has 0 heterocycles. The summed E-state index contributed by atoms with van der Waals surface area (Å²) >= 11 is 0. The first kappa shape index (κ1) is 16.8. The number of rotatable bonds is 7. The first-order chi connectivity index (χ1) is 10.1. The summed E-state index contributed by atoms with van der Waals surface area (Å²) in [6, 6.07) is 4.78. The van der Waals surface area contributed by atoms with E-state index in [1.807, 2.05) is 0 Å². The molecule has 0 aliphatic heterocycles. The molecule has 0 fully saturated rings. The van der Waals surface area contributed by atoms with Crippen LogP contribution in [0.4, 0.5) is 0 Å². The fraction of sp³-hybridized carbons (Fsp3) is 0.467. The molecule has 0 bridgehead atoms. The number of methoxy groups -OCH3 is 2. The van der Waals surface area contributed by atoms with Gasteiger partial charge in [-0.3, -0.25) is 9.59 Å². The van der Waals surface area contributed by atoms with Gasteiger partial charge in [0, 0.05) is 6.07 Å². The number of esters is 2. The van der Waals surface area contributed by atoms with E-state index in [0.29, 0.717) is 17.9 Å². The largest absolute Gasteiger partial charge is 0.497 e. The van der Waals surface area contributed by atoms with Crippen molar-refractivity contribution >= 4 is 11.9 Å². The summed E-state index contributed by atoms with van der Waals surface area (Å²) in [4.78, 5) is 23.8. The minimum absolute atomic E-state index is 0.217. The van der Waals surface area contributed by atoms with Crippen molar-refractivity contribution in [3.63, 3.8) is 0 Å². The lowest BCUT2D eigenvalue weighted by Crippen LogP contribution is -2.29. The quantitative estimate of drug-likeness (QED) is 0.436. The molecule has 0 aliphatic rings. The van der Waals surface area contributed by atoms with Crippen molar-refractivity contribution in [2.75, 3.05) is 20.8 Å². The van der Waals surface area contributed by atoms with Gasteiger partial charge in [0.05, 0.1) is 20.8 Å². The van der Waals surface area contributed by atoms with Gasteiger partial charge >= 0.3 is 11.9 Å². The first-order valence-electron chi connectivity index (χ1n) is 6.67. The van der Waals surface area contributed by atoms with Crippen molar-refractivity contribution < 1.29 is 28.5 Å². The third-order valence-corrected chi connectivity index (χ3v) is 2.85. The Morgan fingerprint density at radius 2 is 1.76 bits per heavy atom. The van der Waals surface area contributed by atoms with Gasteiger partial charge in [0.25, 0.3) is 0 Å². The van der Waals surface area contributed by atoms with Crippen LogP contribution in [-0.4, -0.2) is 32.8 Å². The molecule has 0 amide bonds. The van der Waals surface area contributed by atoms with Gasteiger partial charge in [-0.1, -0.05) is 6.92 Å². The highest BCUT2D eigenvalue weighted by Gasteiger charge is 2.29. The molecule has 6 heteroatoms. The maximum Gasteiger partial charge on any atom is 0.325 e. The van der Waals surface area contributed by atoms with Crippen molar-refractivity contribution in [1.29, 1.82) is 0 Å². The molecule has 0 saturated carbocycles. The van der Waals surface area contributed by atoms with Crippen LogP contribution < -0.4 is 14.2 Å². The molecule has 0 aromatic heterocycles. The average molecular weight is 296 g/mol. The third kappa shape index (κ3) is 4.37. The summed E-state index contributed by atoms with van der Waals surface area (Å²) in [6.45, 7) is 3.62. The Morgan fingerprint density at radius 3 is 2.29 bits per heavy atom. The zero-order chi connectivity index (χ0) is 15.8. The molecule has 0 spiro atoms. The predicted molar refractivity (Wildman–Crippen MR) is 75.6 cm³/mol. The Balaban J connectivity index is 2.88. The van der Waals surface area contributed by atoms with Crippen LogP contribution in [0.2, 0.25) is 0 Å². The van der Waals surface area contributed by atoms with Crippen molar-refractivity contribution in [2.45, 2.75) is 20.3 Å². The molecule has 1 aromatic carbocycles. The highest BCUT2D eigenvalue weighted by atomic mass is 16.6. The van der Waals surface area contributed by atoms with Crippen molar-refractivity contribution in [2.24, 2.45) is 5.92 Å². The molecule has 0 N–H and O–H groups in total. The molecule has 116 valence electrons. The number of carbonyl (C=O) groups excluding carboxylic acids is 2. The van der Waals surface area contributed by atoms with Gasteiger partial charge in [0.2, 0.25) is 0 Å². The number of ether oxygens (including phenoxy) is 4. The van der Waals surface area contributed by atoms with Crippen LogP contribution in [0.5, 0.6) is 17.2 Å². The molecule has 1 aromatic rings. The lowest BCUT2D eigenvalue weighted by atomic mass is 10.1. The van der Waals surface area contributed by atoms with E-state index >= 15 is 0 Å². The van der Waals surface area contributed by atoms with E-state index in [0.717, 1.165) is 0 Å². The van der Waals surface area contributed by atoms with Crippen LogP contribution in [0.3, 0.4) is 0 Å². The fourth-order valence-corrected chi connectivity index (χ4v) is 1.71. The van der Waals surface area contributed by atoms with Gasteiger partial charge in [-0.25, -0.2) is 0 Å². The van der Waals surface area contributed by atoms with Crippen molar-refractivity contribution in [1.82, 2.24) is 0 Å². The van der Waals surface area contributed by atoms with Gasteiger partial charge in [0.15, 0.2) is 17.4 Å². The highest BCUT2D eigenvalue weighted by molar-refractivity contribution is 5.95. The Bertz CT molecular complexity index is 497. The Hall–Kier alpha value is -2.24. The number of hydrogen-bond donors (Lipinski definition) is 0. The summed E-state index contributed by atoms with van der Waals surface area (Å²) in [7, 11) is 2.98. The van der Waals surface area contributed by atoms with Crippen LogP contribution in [0.1, 0.15) is 20.3 Å². The monoisotopic (exact) mass is 296 g/mol. The second-order valence-electron chi connectivity index (χ2n) is 4.15. The zero-order valence-electron chi connectivity index (χ0n) is 12.7. The molecule has 21 heavy (non-hydrogen) atoms. The van der Waals surface area contributed by atoms with Crippen molar-refractivity contribution in [3.05, 3.63) is 18.2 Å². The van der Waals surface area contributed by atoms with Crippen LogP contribution in [-0.2, 0) is 14.3 Å². The van der Waals surface area contributed by atoms with Gasteiger partial charge in [0.1, 0.15) is 5.75 Å². The van der Waals surface area contributed by atoms with E-state index in [1.165, 1.54) is 14.2 Å². The van der Waals surface area contributed by atoms with Crippen LogP contribution in [0, 0.1) is 5.92 Å². The van der Waals surface area contributed by atoms with Crippen molar-refractivity contribution in [3.8, 4) is 17.2 Å². The van der Waals surface area contributed by atoms with E-state index in [9.17, 15) is 9.59 Å². The number of carbonyl (C=O) groups is 2. The second-order valence-corrected chi connectivity index (χ2v) is 4.15. The average Bonchev–Trinajstić information content (AvgIpc) is 2.48. The van der Waals surface area contributed by atoms with E-state index in [4.69, 9.17) is 18.9 Å². The highest BCUT2D eigenvalue weighted by Crippen LogP contribution is 2.31. The standard InChI is InChI=1S/C15H20O6/c1-5-11(14(16)20-6-2)15(17)21-12-8-7-10(18-3)9-13(12)19-4/h7-9,11H,5-6H2,1-4H3. The maximum absolute atomic E-state index is 12.1. The van der Waals surface area contributed by atoms with Crippen LogP contribution in [0.25, 0.3) is 0 Å². The summed E-state index contributed by atoms with van der Waals surface area (Å²) in [5.41, 5.74) is 0. The van der Waals surface area contributed by atoms with E-state index in [-0.39, 0.29) is 12.4 Å². The third-order valence-electron chi connectivity index (χ3n) is 2.85. The lowest BCUT2D eigenvalue weighted by molar-refractivity contribution is -0.157. The summed E-state index contributed by atoms with van der Waals surface area (Å²) in [5, 5.41) is 0. The predicted octanol–water partition coefficient (Wildman–Crippen LogP) is 2.20. The molecule has 1 atom stereocenters. The Labute approximate surface area is 123 Å². The molecule has 1 unspecified atom stereocenters. The minimum atomic E-state index is -0.947. The molecule has 1 rings (SSSR count). The second kappa shape index (κ2) is 8.14. The molecular formula is C15H20O6. The Kier molecular flexibility index (Phi) is 6.52. The van der Waals surface area contributed by atoms with Crippen LogP contribution >= 0.6 is 0 Å². The SMILES string of the molecule is CCOC(=O)C(CC)C(=O)Oc1ccc(OC)cc1OC. The summed E-state index contributed by atoms with van der Waals surface area (Å²) < 4.78 is 20.3. The van der Waals surface area contributed by atoms with E-state index in [1.54, 1.807) is 32.0 Å². The first-order valence-corrected chi connectivity index (χ1v) is 6.67. The molecular weight excluding hydrogens is 276 g/mol. The molecule has 0 aliphatic carbocycles. The topological polar surface area (TPSA) is 71.1 Å². The van der Waals surface area contributed by atoms with Gasteiger partial charge < -0.3 is 18.9 Å². The number of benzene rings is 1. The Morgan fingerprint density at radius 1 is 1.05 bits per heavy atom. The van der Waals surface area contributed by atoms with E-state index in [2.05, 4.69) is 0 Å². The van der Waals surface area contributed by atoms with Gasteiger partial charge in [-0.05, 0) is 25.5 Å². The summed E-state index contributed by atoms with van der Waals surface area (Å²) in [6.07, 6.45) is 0.302. The lowest BCUT2D eigenvalue weighted by Gasteiger charge is -2.14. The smallest absolute Gasteiger partial charge is 0.325 e.